The molecule has 7 nitrogen and oxygen atoms in total. The summed E-state index contributed by atoms with van der Waals surface area (Å²) < 4.78 is 27.8. The molecular weight excluding hydrogens is 364 g/mol. The summed E-state index contributed by atoms with van der Waals surface area (Å²) >= 11 is 0. The molecular formula is C19H28N4O3S. The molecule has 27 heavy (non-hydrogen) atoms. The highest BCUT2D eigenvalue weighted by molar-refractivity contribution is 7.89. The van der Waals surface area contributed by atoms with Gasteiger partial charge in [0.1, 0.15) is 0 Å². The Bertz CT molecular complexity index is 762. The van der Waals surface area contributed by atoms with Crippen LogP contribution in [0.15, 0.2) is 35.2 Å². The van der Waals surface area contributed by atoms with Gasteiger partial charge in [-0.2, -0.15) is 0 Å². The number of hydrazine groups is 1. The third-order valence-electron chi connectivity index (χ3n) is 6.16. The number of nitrogens with zero attached hydrogens (tertiary/aromatic N) is 1. The smallest absolute Gasteiger partial charge is 0.240 e. The van der Waals surface area contributed by atoms with E-state index < -0.39 is 10.0 Å². The van der Waals surface area contributed by atoms with Crippen LogP contribution < -0.4 is 15.6 Å². The number of sulfonamides is 1. The average molecular weight is 393 g/mol. The Hall–Kier alpha value is -1.48. The summed E-state index contributed by atoms with van der Waals surface area (Å²) in [6.07, 6.45) is 4.54. The van der Waals surface area contributed by atoms with Crippen molar-refractivity contribution in [3.8, 4) is 0 Å². The average Bonchev–Trinajstić information content (AvgIpc) is 3.17. The number of benzene rings is 1. The van der Waals surface area contributed by atoms with E-state index in [0.29, 0.717) is 31.8 Å². The molecule has 148 valence electrons. The Morgan fingerprint density at radius 2 is 1.81 bits per heavy atom. The van der Waals surface area contributed by atoms with Gasteiger partial charge >= 0.3 is 0 Å². The SMILES string of the molecule is O=C(C1CCCC2CNNC21)N1CCC(NS(=O)(=O)c2ccccc2)CC1. The molecule has 0 spiro atoms. The minimum atomic E-state index is -3.50. The van der Waals surface area contributed by atoms with Gasteiger partial charge in [-0.05, 0) is 43.7 Å². The summed E-state index contributed by atoms with van der Waals surface area (Å²) in [6, 6.07) is 8.56. The monoisotopic (exact) mass is 392 g/mol. The van der Waals surface area contributed by atoms with Crippen molar-refractivity contribution in [2.45, 2.75) is 49.1 Å². The lowest BCUT2D eigenvalue weighted by Crippen LogP contribution is -2.52. The van der Waals surface area contributed by atoms with Crippen molar-refractivity contribution in [2.24, 2.45) is 11.8 Å². The number of hydrogen-bond donors (Lipinski definition) is 3. The van der Waals surface area contributed by atoms with Crippen LogP contribution in [0.4, 0.5) is 0 Å². The summed E-state index contributed by atoms with van der Waals surface area (Å²) in [5, 5.41) is 0. The summed E-state index contributed by atoms with van der Waals surface area (Å²) in [6.45, 7) is 2.17. The van der Waals surface area contributed by atoms with Gasteiger partial charge in [0.05, 0.1) is 10.8 Å². The van der Waals surface area contributed by atoms with E-state index in [-0.39, 0.29) is 28.8 Å². The van der Waals surface area contributed by atoms with E-state index in [4.69, 9.17) is 0 Å². The predicted octanol–water partition coefficient (Wildman–Crippen LogP) is 0.849. The number of carbonyl (C=O) groups is 1. The topological polar surface area (TPSA) is 90.5 Å². The molecule has 1 aromatic carbocycles. The van der Waals surface area contributed by atoms with Crippen molar-refractivity contribution < 1.29 is 13.2 Å². The number of rotatable bonds is 4. The molecule has 8 heteroatoms. The van der Waals surface area contributed by atoms with Crippen LogP contribution in [0.5, 0.6) is 0 Å². The number of likely N-dealkylation sites (tertiary alicyclic amines) is 1. The standard InChI is InChI=1S/C19H28N4O3S/c24-19(17-8-4-5-14-13-20-21-18(14)17)23-11-9-15(10-12-23)22-27(25,26)16-6-2-1-3-7-16/h1-3,6-7,14-15,17-18,20-22H,4-5,8-13H2. The van der Waals surface area contributed by atoms with E-state index in [2.05, 4.69) is 15.6 Å². The first kappa shape index (κ1) is 18.9. The van der Waals surface area contributed by atoms with Crippen molar-refractivity contribution in [3.05, 3.63) is 30.3 Å². The summed E-state index contributed by atoms with van der Waals surface area (Å²) in [5.74, 6) is 0.810. The van der Waals surface area contributed by atoms with Crippen LogP contribution in [0, 0.1) is 11.8 Å². The van der Waals surface area contributed by atoms with Gasteiger partial charge < -0.3 is 4.90 Å². The van der Waals surface area contributed by atoms with Crippen LogP contribution >= 0.6 is 0 Å². The lowest BCUT2D eigenvalue weighted by molar-refractivity contribution is -0.139. The fourth-order valence-electron chi connectivity index (χ4n) is 4.66. The van der Waals surface area contributed by atoms with Crippen LogP contribution in [-0.4, -0.2) is 50.9 Å². The van der Waals surface area contributed by atoms with Crippen molar-refractivity contribution in [2.75, 3.05) is 19.6 Å². The molecule has 3 N–H and O–H groups in total. The molecule has 1 aromatic rings. The van der Waals surface area contributed by atoms with Crippen LogP contribution in [0.3, 0.4) is 0 Å². The van der Waals surface area contributed by atoms with E-state index in [0.717, 1.165) is 19.4 Å². The molecule has 4 rings (SSSR count). The number of fused-ring (bicyclic) bond motifs is 1. The molecule has 1 saturated carbocycles. The number of nitrogens with one attached hydrogen (secondary N) is 3. The lowest BCUT2D eigenvalue weighted by Gasteiger charge is -2.38. The molecule has 3 aliphatic rings. The molecule has 1 aliphatic carbocycles. The van der Waals surface area contributed by atoms with Gasteiger partial charge in [-0.15, -0.1) is 0 Å². The number of amides is 1. The second-order valence-corrected chi connectivity index (χ2v) is 9.60. The first-order valence-electron chi connectivity index (χ1n) is 9.89. The number of carbonyl (C=O) groups excluding carboxylic acids is 1. The van der Waals surface area contributed by atoms with Gasteiger partial charge in [-0.3, -0.25) is 15.6 Å². The Balaban J connectivity index is 1.33. The Morgan fingerprint density at radius 1 is 1.07 bits per heavy atom. The molecule has 2 saturated heterocycles. The van der Waals surface area contributed by atoms with E-state index in [9.17, 15) is 13.2 Å². The number of piperidine rings is 1. The zero-order valence-corrected chi connectivity index (χ0v) is 16.2. The highest BCUT2D eigenvalue weighted by atomic mass is 32.2. The van der Waals surface area contributed by atoms with E-state index in [1.54, 1.807) is 30.3 Å². The highest BCUT2D eigenvalue weighted by Gasteiger charge is 2.42. The molecule has 0 bridgehead atoms. The van der Waals surface area contributed by atoms with E-state index >= 15 is 0 Å². The minimum Gasteiger partial charge on any atom is -0.342 e. The fraction of sp³-hybridized carbons (Fsp3) is 0.632. The molecule has 3 atom stereocenters. The van der Waals surface area contributed by atoms with Crippen molar-refractivity contribution >= 4 is 15.9 Å². The number of hydrogen-bond acceptors (Lipinski definition) is 5. The quantitative estimate of drug-likeness (QED) is 0.707. The summed E-state index contributed by atoms with van der Waals surface area (Å²) in [5.41, 5.74) is 6.50. The molecule has 0 aromatic heterocycles. The Morgan fingerprint density at radius 3 is 2.56 bits per heavy atom. The maximum absolute atomic E-state index is 13.0. The van der Waals surface area contributed by atoms with Gasteiger partial charge in [0.25, 0.3) is 0 Å². The molecule has 3 fully saturated rings. The zero-order valence-electron chi connectivity index (χ0n) is 15.4. The van der Waals surface area contributed by atoms with E-state index in [1.807, 2.05) is 4.90 Å². The van der Waals surface area contributed by atoms with Crippen LogP contribution in [0.2, 0.25) is 0 Å². The van der Waals surface area contributed by atoms with Crippen molar-refractivity contribution in [1.29, 1.82) is 0 Å². The summed E-state index contributed by atoms with van der Waals surface area (Å²) in [4.78, 5) is 15.2. The van der Waals surface area contributed by atoms with Crippen molar-refractivity contribution in [1.82, 2.24) is 20.5 Å². The molecule has 2 aliphatic heterocycles. The third-order valence-corrected chi connectivity index (χ3v) is 7.70. The largest absolute Gasteiger partial charge is 0.342 e. The second-order valence-electron chi connectivity index (χ2n) is 7.88. The maximum atomic E-state index is 13.0. The zero-order chi connectivity index (χ0) is 18.9. The first-order chi connectivity index (χ1) is 13.0. The molecule has 2 heterocycles. The van der Waals surface area contributed by atoms with Crippen LogP contribution in [0.1, 0.15) is 32.1 Å². The van der Waals surface area contributed by atoms with E-state index in [1.165, 1.54) is 6.42 Å². The molecule has 1 amide bonds. The van der Waals surface area contributed by atoms with Crippen molar-refractivity contribution in [3.63, 3.8) is 0 Å². The van der Waals surface area contributed by atoms with Gasteiger partial charge in [0.15, 0.2) is 0 Å². The van der Waals surface area contributed by atoms with Gasteiger partial charge in [0, 0.05) is 31.7 Å². The fourth-order valence-corrected chi connectivity index (χ4v) is 5.99. The molecule has 3 unspecified atom stereocenters. The summed E-state index contributed by atoms with van der Waals surface area (Å²) in [7, 11) is -3.50. The Labute approximate surface area is 160 Å². The predicted molar refractivity (Wildman–Crippen MR) is 102 cm³/mol. The van der Waals surface area contributed by atoms with Gasteiger partial charge in [-0.1, -0.05) is 24.6 Å². The van der Waals surface area contributed by atoms with Crippen LogP contribution in [0.25, 0.3) is 0 Å². The lowest BCUT2D eigenvalue weighted by atomic mass is 9.77. The first-order valence-corrected chi connectivity index (χ1v) is 11.4. The van der Waals surface area contributed by atoms with Gasteiger partial charge in [0.2, 0.25) is 15.9 Å². The Kier molecular flexibility index (Phi) is 5.50. The minimum absolute atomic E-state index is 0.0383. The second kappa shape index (κ2) is 7.87. The molecule has 0 radical (unpaired) electrons. The third kappa shape index (κ3) is 4.03. The normalized spacial score (nSPS) is 29.5. The van der Waals surface area contributed by atoms with Gasteiger partial charge in [-0.25, -0.2) is 13.1 Å². The maximum Gasteiger partial charge on any atom is 0.240 e. The van der Waals surface area contributed by atoms with Crippen LogP contribution in [-0.2, 0) is 14.8 Å². The highest BCUT2D eigenvalue weighted by Crippen LogP contribution is 2.33.